The van der Waals surface area contributed by atoms with Gasteiger partial charge in [-0.15, -0.1) is 0 Å². The first-order chi connectivity index (χ1) is 13.5. The number of hydrogen-bond donors (Lipinski definition) is 1. The van der Waals surface area contributed by atoms with Crippen LogP contribution in [0.5, 0.6) is 0 Å². The number of amides is 1. The zero-order valence-electron chi connectivity index (χ0n) is 14.9. The SMILES string of the molecule is O=C(NCc1ccsc1)C1CCCn2c1nn(Cc1c(F)cccc1Cl)c2=O. The molecule has 9 heteroatoms. The second kappa shape index (κ2) is 7.89. The molecule has 1 aliphatic heterocycles. The van der Waals surface area contributed by atoms with Crippen LogP contribution in [0, 0.1) is 5.82 Å². The van der Waals surface area contributed by atoms with Crippen LogP contribution in [0.15, 0.2) is 39.8 Å². The van der Waals surface area contributed by atoms with Crippen molar-refractivity contribution in [1.29, 1.82) is 0 Å². The second-order valence-electron chi connectivity index (χ2n) is 6.69. The highest BCUT2D eigenvalue weighted by Gasteiger charge is 2.31. The van der Waals surface area contributed by atoms with Crippen LogP contribution in [0.25, 0.3) is 0 Å². The Bertz CT molecular complexity index is 1040. The Labute approximate surface area is 169 Å². The average Bonchev–Trinajstić information content (AvgIpc) is 3.31. The molecule has 1 unspecified atom stereocenters. The summed E-state index contributed by atoms with van der Waals surface area (Å²) in [6, 6.07) is 6.33. The summed E-state index contributed by atoms with van der Waals surface area (Å²) in [5.74, 6) is -0.729. The van der Waals surface area contributed by atoms with Crippen LogP contribution >= 0.6 is 22.9 Å². The zero-order valence-corrected chi connectivity index (χ0v) is 16.5. The molecule has 0 radical (unpaired) electrons. The number of carbonyl (C=O) groups is 1. The van der Waals surface area contributed by atoms with E-state index in [-0.39, 0.29) is 28.7 Å². The molecule has 4 rings (SSSR count). The smallest absolute Gasteiger partial charge is 0.346 e. The van der Waals surface area contributed by atoms with E-state index in [4.69, 9.17) is 11.6 Å². The number of nitrogens with zero attached hydrogens (tertiary/aromatic N) is 3. The highest BCUT2D eigenvalue weighted by molar-refractivity contribution is 7.07. The average molecular weight is 421 g/mol. The normalized spacial score (nSPS) is 16.0. The lowest BCUT2D eigenvalue weighted by Gasteiger charge is -2.21. The van der Waals surface area contributed by atoms with Gasteiger partial charge in [-0.3, -0.25) is 9.36 Å². The lowest BCUT2D eigenvalue weighted by molar-refractivity contribution is -0.123. The van der Waals surface area contributed by atoms with Gasteiger partial charge in [-0.05, 0) is 47.4 Å². The summed E-state index contributed by atoms with van der Waals surface area (Å²) in [6.07, 6.45) is 1.32. The number of fused-ring (bicyclic) bond motifs is 1. The molecule has 3 heterocycles. The minimum absolute atomic E-state index is 0.0758. The number of hydrogen-bond acceptors (Lipinski definition) is 4. The fraction of sp³-hybridized carbons (Fsp3) is 0.316. The Morgan fingerprint density at radius 2 is 2.25 bits per heavy atom. The first kappa shape index (κ1) is 18.9. The molecule has 1 amide bonds. The van der Waals surface area contributed by atoms with Gasteiger partial charge in [0, 0.05) is 23.7 Å². The van der Waals surface area contributed by atoms with Crippen molar-refractivity contribution < 1.29 is 9.18 Å². The number of aromatic nitrogens is 3. The van der Waals surface area contributed by atoms with E-state index in [2.05, 4.69) is 10.4 Å². The minimum atomic E-state index is -0.502. The Kier molecular flexibility index (Phi) is 5.32. The van der Waals surface area contributed by atoms with Gasteiger partial charge in [0.2, 0.25) is 5.91 Å². The van der Waals surface area contributed by atoms with E-state index >= 15 is 0 Å². The van der Waals surface area contributed by atoms with E-state index in [1.165, 1.54) is 21.4 Å². The highest BCUT2D eigenvalue weighted by Crippen LogP contribution is 2.25. The van der Waals surface area contributed by atoms with Crippen LogP contribution in [-0.2, 0) is 24.4 Å². The molecule has 6 nitrogen and oxygen atoms in total. The van der Waals surface area contributed by atoms with Crippen molar-refractivity contribution in [3.63, 3.8) is 0 Å². The first-order valence-corrected chi connectivity index (χ1v) is 10.3. The Morgan fingerprint density at radius 1 is 1.39 bits per heavy atom. The van der Waals surface area contributed by atoms with Gasteiger partial charge in [0.25, 0.3) is 0 Å². The Balaban J connectivity index is 1.58. The Morgan fingerprint density at radius 3 is 3.00 bits per heavy atom. The van der Waals surface area contributed by atoms with Gasteiger partial charge in [0.15, 0.2) is 0 Å². The van der Waals surface area contributed by atoms with E-state index < -0.39 is 11.7 Å². The molecular weight excluding hydrogens is 403 g/mol. The fourth-order valence-corrected chi connectivity index (χ4v) is 4.29. The minimum Gasteiger partial charge on any atom is -0.351 e. The maximum absolute atomic E-state index is 14.1. The molecule has 3 aromatic rings. The molecule has 2 aromatic heterocycles. The second-order valence-corrected chi connectivity index (χ2v) is 7.88. The van der Waals surface area contributed by atoms with Crippen molar-refractivity contribution >= 4 is 28.8 Å². The van der Waals surface area contributed by atoms with Crippen LogP contribution < -0.4 is 11.0 Å². The standard InChI is InChI=1S/C19H18ClFN4O2S/c20-15-4-1-5-16(21)14(15)10-25-19(27)24-7-2-3-13(17(24)23-25)18(26)22-9-12-6-8-28-11-12/h1,4-6,8,11,13H,2-3,7,9-10H2,(H,22,26). The molecule has 0 saturated carbocycles. The predicted molar refractivity (Wildman–Crippen MR) is 105 cm³/mol. The molecule has 0 saturated heterocycles. The molecule has 0 aliphatic carbocycles. The van der Waals surface area contributed by atoms with E-state index in [0.29, 0.717) is 31.8 Å². The summed E-state index contributed by atoms with van der Waals surface area (Å²) < 4.78 is 16.8. The van der Waals surface area contributed by atoms with Crippen LogP contribution in [0.2, 0.25) is 5.02 Å². The highest BCUT2D eigenvalue weighted by atomic mass is 35.5. The van der Waals surface area contributed by atoms with Crippen molar-refractivity contribution in [3.05, 3.63) is 73.3 Å². The Hall–Kier alpha value is -2.45. The number of benzene rings is 1. The monoisotopic (exact) mass is 420 g/mol. The van der Waals surface area contributed by atoms with Crippen molar-refractivity contribution in [2.75, 3.05) is 0 Å². The third-order valence-electron chi connectivity index (χ3n) is 4.87. The molecule has 0 fully saturated rings. The van der Waals surface area contributed by atoms with Crippen LogP contribution in [0.3, 0.4) is 0 Å². The quantitative estimate of drug-likeness (QED) is 0.689. The molecular formula is C19H18ClFN4O2S. The van der Waals surface area contributed by atoms with Gasteiger partial charge >= 0.3 is 5.69 Å². The molecule has 146 valence electrons. The van der Waals surface area contributed by atoms with Crippen LogP contribution in [0.1, 0.15) is 35.7 Å². The van der Waals surface area contributed by atoms with Crippen molar-refractivity contribution in [3.8, 4) is 0 Å². The number of nitrogens with one attached hydrogen (secondary N) is 1. The molecule has 0 bridgehead atoms. The predicted octanol–water partition coefficient (Wildman–Crippen LogP) is 3.14. The van der Waals surface area contributed by atoms with Gasteiger partial charge in [0.1, 0.15) is 11.6 Å². The zero-order chi connectivity index (χ0) is 19.7. The largest absolute Gasteiger partial charge is 0.351 e. The maximum atomic E-state index is 14.1. The molecule has 1 N–H and O–H groups in total. The van der Waals surface area contributed by atoms with Crippen LogP contribution in [-0.4, -0.2) is 20.3 Å². The summed E-state index contributed by atoms with van der Waals surface area (Å²) in [7, 11) is 0. The number of thiophene rings is 1. The molecule has 1 aromatic carbocycles. The van der Waals surface area contributed by atoms with Gasteiger partial charge in [-0.2, -0.15) is 16.4 Å². The fourth-order valence-electron chi connectivity index (χ4n) is 3.40. The summed E-state index contributed by atoms with van der Waals surface area (Å²) in [5.41, 5.74) is 0.885. The molecule has 1 aliphatic rings. The third kappa shape index (κ3) is 3.62. The lowest BCUT2D eigenvalue weighted by atomic mass is 9.98. The van der Waals surface area contributed by atoms with E-state index in [0.717, 1.165) is 5.56 Å². The number of halogens is 2. The maximum Gasteiger partial charge on any atom is 0.346 e. The van der Waals surface area contributed by atoms with Crippen molar-refractivity contribution in [2.24, 2.45) is 0 Å². The summed E-state index contributed by atoms with van der Waals surface area (Å²) in [4.78, 5) is 25.4. The number of rotatable bonds is 5. The first-order valence-electron chi connectivity index (χ1n) is 8.94. The van der Waals surface area contributed by atoms with Gasteiger partial charge in [-0.1, -0.05) is 17.7 Å². The van der Waals surface area contributed by atoms with Gasteiger partial charge in [-0.25, -0.2) is 13.9 Å². The van der Waals surface area contributed by atoms with Crippen molar-refractivity contribution in [2.45, 2.75) is 38.4 Å². The van der Waals surface area contributed by atoms with Gasteiger partial charge in [0.05, 0.1) is 12.5 Å². The summed E-state index contributed by atoms with van der Waals surface area (Å²) in [5, 5.41) is 11.4. The lowest BCUT2D eigenvalue weighted by Crippen LogP contribution is -2.35. The molecule has 0 spiro atoms. The summed E-state index contributed by atoms with van der Waals surface area (Å²) in [6.45, 7) is 0.857. The van der Waals surface area contributed by atoms with E-state index in [9.17, 15) is 14.0 Å². The van der Waals surface area contributed by atoms with Crippen molar-refractivity contribution in [1.82, 2.24) is 19.7 Å². The number of carbonyl (C=O) groups excluding carboxylic acids is 1. The van der Waals surface area contributed by atoms with E-state index in [1.807, 2.05) is 16.8 Å². The topological polar surface area (TPSA) is 68.9 Å². The van der Waals surface area contributed by atoms with Gasteiger partial charge < -0.3 is 5.32 Å². The van der Waals surface area contributed by atoms with E-state index in [1.54, 1.807) is 17.4 Å². The third-order valence-corrected chi connectivity index (χ3v) is 5.96. The molecule has 28 heavy (non-hydrogen) atoms. The summed E-state index contributed by atoms with van der Waals surface area (Å²) >= 11 is 7.64. The van der Waals surface area contributed by atoms with Crippen LogP contribution in [0.4, 0.5) is 4.39 Å². The molecule has 1 atom stereocenters.